The van der Waals surface area contributed by atoms with Gasteiger partial charge in [-0.1, -0.05) is 35.3 Å². The Bertz CT molecular complexity index is 637. The van der Waals surface area contributed by atoms with E-state index in [2.05, 4.69) is 6.07 Å². The Morgan fingerprint density at radius 2 is 1.71 bits per heavy atom. The molecule has 4 heteroatoms. The third-order valence-electron chi connectivity index (χ3n) is 3.02. The van der Waals surface area contributed by atoms with E-state index in [0.717, 1.165) is 26.4 Å². The van der Waals surface area contributed by atoms with Crippen molar-refractivity contribution in [3.63, 3.8) is 0 Å². The Morgan fingerprint density at radius 3 is 2.41 bits per heavy atom. The molecule has 2 aromatic carbocycles. The summed E-state index contributed by atoms with van der Waals surface area (Å²) in [5.41, 5.74) is 4.24. The van der Waals surface area contributed by atoms with Crippen molar-refractivity contribution in [2.75, 3.05) is 0 Å². The first-order chi connectivity index (χ1) is 8.20. The molecular weight excluding hydrogens is 226 g/mol. The first-order valence-corrected chi connectivity index (χ1v) is 6.57. The lowest BCUT2D eigenvalue weighted by molar-refractivity contribution is 0.685. The highest BCUT2D eigenvalue weighted by Crippen LogP contribution is 2.40. The number of fused-ring (bicyclic) bond motifs is 3. The van der Waals surface area contributed by atoms with Crippen molar-refractivity contribution in [2.45, 2.75) is 16.7 Å². The molecule has 0 bridgehead atoms. The zero-order valence-electron chi connectivity index (χ0n) is 9.44. The van der Waals surface area contributed by atoms with Crippen molar-refractivity contribution in [3.05, 3.63) is 42.0 Å². The Labute approximate surface area is 105 Å². The Kier molecular flexibility index (Phi) is 2.48. The van der Waals surface area contributed by atoms with Gasteiger partial charge in [-0.15, -0.1) is 0 Å². The van der Waals surface area contributed by atoms with Gasteiger partial charge in [0.2, 0.25) is 0 Å². The van der Waals surface area contributed by atoms with Crippen LogP contribution >= 0.6 is 0 Å². The van der Waals surface area contributed by atoms with Crippen LogP contribution in [0.1, 0.15) is 5.56 Å². The van der Waals surface area contributed by atoms with Crippen molar-refractivity contribution in [2.24, 2.45) is 0 Å². The zero-order valence-corrected chi connectivity index (χ0v) is 10.3. The maximum absolute atomic E-state index is 12.3. The Hall–Kier alpha value is -1.28. The van der Waals surface area contributed by atoms with Crippen molar-refractivity contribution < 1.29 is 4.21 Å². The van der Waals surface area contributed by atoms with Crippen LogP contribution < -0.4 is 5.46 Å². The number of benzene rings is 2. The van der Waals surface area contributed by atoms with Gasteiger partial charge in [0.25, 0.3) is 0 Å². The van der Waals surface area contributed by atoms with Gasteiger partial charge < -0.3 is 0 Å². The predicted molar refractivity (Wildman–Crippen MR) is 72.4 cm³/mol. The first-order valence-electron chi connectivity index (χ1n) is 5.42. The van der Waals surface area contributed by atoms with E-state index in [1.165, 1.54) is 5.56 Å². The lowest BCUT2D eigenvalue weighted by Gasteiger charge is -2.03. The summed E-state index contributed by atoms with van der Waals surface area (Å²) < 4.78 is 12.3. The molecule has 0 aromatic heterocycles. The third kappa shape index (κ3) is 1.59. The molecule has 0 spiro atoms. The molecule has 0 amide bonds. The van der Waals surface area contributed by atoms with Crippen molar-refractivity contribution in [1.29, 1.82) is 0 Å². The normalized spacial score (nSPS) is 16.4. The fraction of sp³-hybridized carbons (Fsp3) is 0.0769. The fourth-order valence-electron chi connectivity index (χ4n) is 2.16. The zero-order chi connectivity index (χ0) is 12.0. The summed E-state index contributed by atoms with van der Waals surface area (Å²) in [6.07, 6.45) is 0. The van der Waals surface area contributed by atoms with Gasteiger partial charge in [0.1, 0.15) is 0 Å². The van der Waals surface area contributed by atoms with Crippen LogP contribution in [0, 0.1) is 6.92 Å². The molecule has 0 saturated heterocycles. The molecule has 1 unspecified atom stereocenters. The summed E-state index contributed by atoms with van der Waals surface area (Å²) in [5, 5.41) is 0. The molecule has 0 fully saturated rings. The van der Waals surface area contributed by atoms with Crippen LogP contribution in [-0.4, -0.2) is 19.1 Å². The average molecular weight is 235 g/mol. The molecule has 0 N–H and O–H groups in total. The van der Waals surface area contributed by atoms with Gasteiger partial charge in [-0.2, -0.15) is 0 Å². The summed E-state index contributed by atoms with van der Waals surface area (Å²) in [6, 6.07) is 11.8. The van der Waals surface area contributed by atoms with Crippen molar-refractivity contribution >= 4 is 31.2 Å². The van der Waals surface area contributed by atoms with E-state index in [1.807, 2.05) is 37.3 Å². The lowest BCUT2D eigenvalue weighted by Crippen LogP contribution is -2.13. The van der Waals surface area contributed by atoms with Crippen LogP contribution in [0.25, 0.3) is 11.1 Å². The molecule has 17 heavy (non-hydrogen) atoms. The summed E-state index contributed by atoms with van der Waals surface area (Å²) in [6.45, 7) is 2.04. The van der Waals surface area contributed by atoms with Crippen molar-refractivity contribution in [3.8, 4) is 11.1 Å². The molecule has 0 saturated carbocycles. The topological polar surface area (TPSA) is 17.1 Å². The SMILES string of the molecule is [B][B]c1ccc2c(c1)-c1cc(C)ccc1S2=O. The summed E-state index contributed by atoms with van der Waals surface area (Å²) >= 11 is 0. The van der Waals surface area contributed by atoms with Gasteiger partial charge in [0, 0.05) is 7.74 Å². The van der Waals surface area contributed by atoms with Crippen LogP contribution in [0.5, 0.6) is 0 Å². The summed E-state index contributed by atoms with van der Waals surface area (Å²) in [4.78, 5) is 1.79. The van der Waals surface area contributed by atoms with Gasteiger partial charge in [-0.25, -0.2) is 4.21 Å². The predicted octanol–water partition coefficient (Wildman–Crippen LogP) is 1.56. The molecular formula is C13H9B2OS. The van der Waals surface area contributed by atoms with Gasteiger partial charge in [-0.3, -0.25) is 0 Å². The second kappa shape index (κ2) is 3.88. The molecule has 0 aliphatic carbocycles. The molecule has 1 heterocycles. The molecule has 2 aromatic rings. The van der Waals surface area contributed by atoms with Crippen LogP contribution in [0.15, 0.2) is 46.2 Å². The van der Waals surface area contributed by atoms with Gasteiger partial charge in [0.15, 0.2) is 0 Å². The molecule has 1 atom stereocenters. The maximum Gasteiger partial charge on any atom is 0.0957 e. The van der Waals surface area contributed by atoms with Crippen LogP contribution in [-0.2, 0) is 10.8 Å². The van der Waals surface area contributed by atoms with E-state index >= 15 is 0 Å². The minimum atomic E-state index is -1.05. The second-order valence-corrected chi connectivity index (χ2v) is 5.61. The van der Waals surface area contributed by atoms with E-state index in [4.69, 9.17) is 7.74 Å². The van der Waals surface area contributed by atoms with E-state index in [0.29, 0.717) is 0 Å². The Morgan fingerprint density at radius 1 is 1.06 bits per heavy atom. The third-order valence-corrected chi connectivity index (χ3v) is 4.53. The summed E-state index contributed by atoms with van der Waals surface area (Å²) in [5.74, 6) is 0. The molecule has 1 aliphatic heterocycles. The molecule has 3 rings (SSSR count). The maximum atomic E-state index is 12.3. The largest absolute Gasteiger partial charge is 0.249 e. The smallest absolute Gasteiger partial charge is 0.0957 e. The van der Waals surface area contributed by atoms with Crippen molar-refractivity contribution in [1.82, 2.24) is 0 Å². The minimum Gasteiger partial charge on any atom is -0.249 e. The molecule has 1 nitrogen and oxygen atoms in total. The molecule has 79 valence electrons. The highest BCUT2D eigenvalue weighted by Gasteiger charge is 2.25. The van der Waals surface area contributed by atoms with E-state index in [-0.39, 0.29) is 0 Å². The van der Waals surface area contributed by atoms with E-state index in [1.54, 1.807) is 7.17 Å². The van der Waals surface area contributed by atoms with Gasteiger partial charge in [-0.05, 0) is 30.2 Å². The van der Waals surface area contributed by atoms with E-state index in [9.17, 15) is 4.21 Å². The van der Waals surface area contributed by atoms with Crippen LogP contribution in [0.4, 0.5) is 0 Å². The molecule has 1 aliphatic rings. The number of aryl methyl sites for hydroxylation is 1. The summed E-state index contributed by atoms with van der Waals surface area (Å²) in [7, 11) is 6.05. The second-order valence-electron chi connectivity index (χ2n) is 4.19. The van der Waals surface area contributed by atoms with Crippen LogP contribution in [0.2, 0.25) is 0 Å². The van der Waals surface area contributed by atoms with Crippen LogP contribution in [0.3, 0.4) is 0 Å². The standard InChI is InChI=1S/C13H9B2OS/c1-8-2-4-12-10(6-8)11-7-9(15-14)3-5-13(11)17(12)16/h2-7H,1H3. The monoisotopic (exact) mass is 235 g/mol. The molecule has 3 radical (unpaired) electrons. The van der Waals surface area contributed by atoms with E-state index < -0.39 is 10.8 Å². The quantitative estimate of drug-likeness (QED) is 0.585. The number of rotatable bonds is 1. The highest BCUT2D eigenvalue weighted by atomic mass is 32.2. The fourth-order valence-corrected chi connectivity index (χ4v) is 3.52. The number of hydrogen-bond acceptors (Lipinski definition) is 1. The lowest BCUT2D eigenvalue weighted by atomic mass is 9.51. The number of hydrogen-bond donors (Lipinski definition) is 0. The average Bonchev–Trinajstić information content (AvgIpc) is 2.62. The minimum absolute atomic E-state index is 0.885. The van der Waals surface area contributed by atoms with Gasteiger partial charge >= 0.3 is 0 Å². The highest BCUT2D eigenvalue weighted by molar-refractivity contribution is 7.85. The first kappa shape index (κ1) is 10.8. The Balaban J connectivity index is 2.31. The van der Waals surface area contributed by atoms with Gasteiger partial charge in [0.05, 0.1) is 27.8 Å².